The first-order chi connectivity index (χ1) is 14.2. The van der Waals surface area contributed by atoms with Crippen LogP contribution < -0.4 is 9.47 Å². The smallest absolute Gasteiger partial charge is 0.126 e. The van der Waals surface area contributed by atoms with Crippen molar-refractivity contribution < 1.29 is 9.47 Å². The van der Waals surface area contributed by atoms with E-state index in [1.54, 1.807) is 0 Å². The van der Waals surface area contributed by atoms with Crippen LogP contribution in [0.1, 0.15) is 23.1 Å². The van der Waals surface area contributed by atoms with Gasteiger partial charge >= 0.3 is 0 Å². The van der Waals surface area contributed by atoms with Gasteiger partial charge in [-0.3, -0.25) is 0 Å². The van der Waals surface area contributed by atoms with Gasteiger partial charge in [0, 0.05) is 18.5 Å². The van der Waals surface area contributed by atoms with Crippen molar-refractivity contribution in [2.45, 2.75) is 6.42 Å². The van der Waals surface area contributed by atoms with Gasteiger partial charge in [-0.25, -0.2) is 0 Å². The molecule has 0 bridgehead atoms. The summed E-state index contributed by atoms with van der Waals surface area (Å²) in [4.78, 5) is 2.12. The maximum atomic E-state index is 5.90. The van der Waals surface area contributed by atoms with Gasteiger partial charge in [0.2, 0.25) is 0 Å². The van der Waals surface area contributed by atoms with Crippen molar-refractivity contribution in [3.05, 3.63) is 95.6 Å². The van der Waals surface area contributed by atoms with Gasteiger partial charge in [-0.05, 0) is 54.6 Å². The van der Waals surface area contributed by atoms with Crippen molar-refractivity contribution in [2.24, 2.45) is 0 Å². The number of para-hydroxylation sites is 1. The number of fused-ring (bicyclic) bond motifs is 1. The number of hydrogen-bond acceptors (Lipinski definition) is 3. The predicted molar refractivity (Wildman–Crippen MR) is 119 cm³/mol. The molecular weight excluding hydrogens is 358 g/mol. The first-order valence-electron chi connectivity index (χ1n) is 10.1. The third kappa shape index (κ3) is 4.52. The van der Waals surface area contributed by atoms with Crippen LogP contribution in [-0.4, -0.2) is 38.8 Å². The number of hydrogen-bond donors (Lipinski definition) is 0. The van der Waals surface area contributed by atoms with Crippen molar-refractivity contribution in [2.75, 3.05) is 33.9 Å². The molecule has 1 aliphatic rings. The summed E-state index contributed by atoms with van der Waals surface area (Å²) in [6, 6.07) is 27.4. The van der Waals surface area contributed by atoms with Crippen LogP contribution in [0, 0.1) is 0 Å². The molecule has 0 spiro atoms. The van der Waals surface area contributed by atoms with Crippen molar-refractivity contribution in [3.63, 3.8) is 0 Å². The van der Waals surface area contributed by atoms with E-state index < -0.39 is 0 Å². The maximum absolute atomic E-state index is 5.90. The average molecular weight is 386 g/mol. The molecule has 3 nitrogen and oxygen atoms in total. The van der Waals surface area contributed by atoms with Gasteiger partial charge in [0.1, 0.15) is 18.1 Å². The number of nitrogens with zero attached hydrogens (tertiary/aromatic N) is 1. The molecule has 0 fully saturated rings. The van der Waals surface area contributed by atoms with E-state index in [9.17, 15) is 0 Å². The standard InChI is InChI=1S/C26H27NO2/c1-27(2)17-19-28-22-14-12-21(13-15-22)26(20-8-4-3-5-9-20)24-16-18-29-25-11-7-6-10-23(24)25/h3-15H,16-19H2,1-2H3. The largest absolute Gasteiger partial charge is 0.493 e. The van der Waals surface area contributed by atoms with Crippen molar-refractivity contribution >= 4 is 11.1 Å². The molecule has 1 aliphatic heterocycles. The monoisotopic (exact) mass is 385 g/mol. The highest BCUT2D eigenvalue weighted by Crippen LogP contribution is 2.40. The highest BCUT2D eigenvalue weighted by atomic mass is 16.5. The SMILES string of the molecule is CN(C)CCOc1ccc(C(=C2CCOc3ccccc32)c2ccccc2)cc1. The minimum Gasteiger partial charge on any atom is -0.493 e. The minimum absolute atomic E-state index is 0.684. The van der Waals surface area contributed by atoms with E-state index in [0.717, 1.165) is 24.5 Å². The van der Waals surface area contributed by atoms with Crippen molar-refractivity contribution in [1.29, 1.82) is 0 Å². The average Bonchev–Trinajstić information content (AvgIpc) is 2.76. The summed E-state index contributed by atoms with van der Waals surface area (Å²) in [6.45, 7) is 2.29. The number of benzene rings is 3. The van der Waals surface area contributed by atoms with Crippen LogP contribution in [0.25, 0.3) is 11.1 Å². The first-order valence-corrected chi connectivity index (χ1v) is 10.1. The number of rotatable bonds is 6. The Morgan fingerprint density at radius 3 is 2.31 bits per heavy atom. The summed E-state index contributed by atoms with van der Waals surface area (Å²) in [5.74, 6) is 1.87. The summed E-state index contributed by atoms with van der Waals surface area (Å²) in [5, 5.41) is 0. The van der Waals surface area contributed by atoms with Crippen LogP contribution >= 0.6 is 0 Å². The van der Waals surface area contributed by atoms with Gasteiger partial charge in [-0.2, -0.15) is 0 Å². The molecule has 3 aromatic carbocycles. The summed E-state index contributed by atoms with van der Waals surface area (Å²) in [5.41, 5.74) is 6.20. The molecule has 0 saturated heterocycles. The molecule has 0 amide bonds. The van der Waals surface area contributed by atoms with Gasteiger partial charge in [-0.15, -0.1) is 0 Å². The second-order valence-electron chi connectivity index (χ2n) is 7.49. The Labute approximate surface area is 173 Å². The fourth-order valence-corrected chi connectivity index (χ4v) is 3.68. The highest BCUT2D eigenvalue weighted by Gasteiger charge is 2.20. The Morgan fingerprint density at radius 2 is 1.55 bits per heavy atom. The molecule has 3 heteroatoms. The molecule has 3 aromatic rings. The highest BCUT2D eigenvalue weighted by molar-refractivity contribution is 6.00. The second-order valence-corrected chi connectivity index (χ2v) is 7.49. The van der Waals surface area contributed by atoms with E-state index in [1.165, 1.54) is 27.8 Å². The van der Waals surface area contributed by atoms with Crippen LogP contribution in [-0.2, 0) is 0 Å². The van der Waals surface area contributed by atoms with Crippen LogP contribution in [0.2, 0.25) is 0 Å². The van der Waals surface area contributed by atoms with Crippen LogP contribution in [0.4, 0.5) is 0 Å². The summed E-state index contributed by atoms with van der Waals surface area (Å²) in [7, 11) is 4.10. The molecule has 29 heavy (non-hydrogen) atoms. The summed E-state index contributed by atoms with van der Waals surface area (Å²) in [6.07, 6.45) is 0.891. The zero-order valence-corrected chi connectivity index (χ0v) is 17.1. The van der Waals surface area contributed by atoms with Crippen LogP contribution in [0.3, 0.4) is 0 Å². The van der Waals surface area contributed by atoms with Gasteiger partial charge in [0.05, 0.1) is 6.61 Å². The minimum atomic E-state index is 0.684. The van der Waals surface area contributed by atoms with E-state index in [-0.39, 0.29) is 0 Å². The van der Waals surface area contributed by atoms with Gasteiger partial charge in [0.25, 0.3) is 0 Å². The summed E-state index contributed by atoms with van der Waals surface area (Å²) < 4.78 is 11.8. The Bertz CT molecular complexity index is 975. The molecule has 0 saturated carbocycles. The molecule has 0 unspecified atom stereocenters. The number of ether oxygens (including phenoxy) is 2. The lowest BCUT2D eigenvalue weighted by molar-refractivity contribution is 0.261. The molecule has 148 valence electrons. The lowest BCUT2D eigenvalue weighted by atomic mass is 9.87. The van der Waals surface area contributed by atoms with Crippen LogP contribution in [0.15, 0.2) is 78.9 Å². The quantitative estimate of drug-likeness (QED) is 0.569. The lowest BCUT2D eigenvalue weighted by Gasteiger charge is -2.24. The first kappa shape index (κ1) is 19.3. The Morgan fingerprint density at radius 1 is 0.862 bits per heavy atom. The van der Waals surface area contributed by atoms with Gasteiger partial charge < -0.3 is 14.4 Å². The molecule has 0 aliphatic carbocycles. The normalized spacial score (nSPS) is 14.9. The number of likely N-dealkylation sites (N-methyl/N-ethyl adjacent to an activating group) is 1. The molecule has 0 radical (unpaired) electrons. The van der Waals surface area contributed by atoms with Gasteiger partial charge in [-0.1, -0.05) is 60.7 Å². The molecule has 4 rings (SSSR count). The third-order valence-electron chi connectivity index (χ3n) is 5.14. The molecular formula is C26H27NO2. The Balaban J connectivity index is 1.74. The van der Waals surface area contributed by atoms with E-state index in [1.807, 2.05) is 6.07 Å². The molecule has 0 aromatic heterocycles. The maximum Gasteiger partial charge on any atom is 0.126 e. The molecule has 0 atom stereocenters. The van der Waals surface area contributed by atoms with Crippen LogP contribution in [0.5, 0.6) is 11.5 Å². The van der Waals surface area contributed by atoms with E-state index in [4.69, 9.17) is 9.47 Å². The van der Waals surface area contributed by atoms with Crippen molar-refractivity contribution in [3.8, 4) is 11.5 Å². The fraction of sp³-hybridized carbons (Fsp3) is 0.231. The van der Waals surface area contributed by atoms with E-state index >= 15 is 0 Å². The van der Waals surface area contributed by atoms with Crippen molar-refractivity contribution in [1.82, 2.24) is 4.90 Å². The zero-order chi connectivity index (χ0) is 20.1. The zero-order valence-electron chi connectivity index (χ0n) is 17.1. The Kier molecular flexibility index (Phi) is 5.97. The lowest BCUT2D eigenvalue weighted by Crippen LogP contribution is -2.19. The van der Waals surface area contributed by atoms with E-state index in [0.29, 0.717) is 13.2 Å². The van der Waals surface area contributed by atoms with E-state index in [2.05, 4.69) is 91.8 Å². The fourth-order valence-electron chi connectivity index (χ4n) is 3.68. The molecule has 1 heterocycles. The molecule has 0 N–H and O–H groups in total. The van der Waals surface area contributed by atoms with Gasteiger partial charge in [0.15, 0.2) is 0 Å². The Hall–Kier alpha value is -3.04. The summed E-state index contributed by atoms with van der Waals surface area (Å²) >= 11 is 0. The topological polar surface area (TPSA) is 21.7 Å². The third-order valence-corrected chi connectivity index (χ3v) is 5.14. The second kappa shape index (κ2) is 8.97. The predicted octanol–water partition coefficient (Wildman–Crippen LogP) is 5.37.